The van der Waals surface area contributed by atoms with Crippen molar-refractivity contribution in [1.82, 2.24) is 5.32 Å². The number of ketones is 1. The summed E-state index contributed by atoms with van der Waals surface area (Å²) in [5.74, 6) is -0.492. The van der Waals surface area contributed by atoms with E-state index in [1.807, 2.05) is 20.8 Å². The Bertz CT molecular complexity index is 412. The maximum Gasteiger partial charge on any atom is 0.151 e. The first-order chi connectivity index (χ1) is 7.79. The smallest absolute Gasteiger partial charge is 0.151 e. The van der Waals surface area contributed by atoms with Gasteiger partial charge in [0.05, 0.1) is 11.6 Å². The van der Waals surface area contributed by atoms with Gasteiger partial charge < -0.3 is 5.32 Å². The van der Waals surface area contributed by atoms with Gasteiger partial charge in [0, 0.05) is 12.0 Å². The van der Waals surface area contributed by atoms with Crippen molar-refractivity contribution in [1.29, 1.82) is 0 Å². The Morgan fingerprint density at radius 1 is 1.41 bits per heavy atom. The molecule has 0 saturated heterocycles. The molecular weight excluding hydrogens is 241 g/mol. The van der Waals surface area contributed by atoms with E-state index in [4.69, 9.17) is 11.6 Å². The molecular formula is C13H17ClFNO. The monoisotopic (exact) mass is 257 g/mol. The Morgan fingerprint density at radius 2 is 2.06 bits per heavy atom. The number of benzene rings is 1. The van der Waals surface area contributed by atoms with Gasteiger partial charge >= 0.3 is 0 Å². The Labute approximate surface area is 106 Å². The lowest BCUT2D eigenvalue weighted by Crippen LogP contribution is -2.39. The van der Waals surface area contributed by atoms with Crippen LogP contribution < -0.4 is 5.32 Å². The molecule has 0 amide bonds. The summed E-state index contributed by atoms with van der Waals surface area (Å²) < 4.78 is 13.1. The topological polar surface area (TPSA) is 29.1 Å². The number of carbonyl (C=O) groups excluding carboxylic acids is 1. The molecule has 2 nitrogen and oxygen atoms in total. The van der Waals surface area contributed by atoms with E-state index in [9.17, 15) is 9.18 Å². The summed E-state index contributed by atoms with van der Waals surface area (Å²) in [6.07, 6.45) is 0.152. The van der Waals surface area contributed by atoms with Gasteiger partial charge in [-0.25, -0.2) is 4.39 Å². The third-order valence-corrected chi connectivity index (χ3v) is 2.66. The molecule has 0 aliphatic carbocycles. The zero-order valence-electron chi connectivity index (χ0n) is 10.3. The molecule has 17 heavy (non-hydrogen) atoms. The second-order valence-electron chi connectivity index (χ2n) is 5.03. The lowest BCUT2D eigenvalue weighted by molar-refractivity contribution is -0.117. The molecule has 0 aliphatic rings. The van der Waals surface area contributed by atoms with Crippen LogP contribution in [0.25, 0.3) is 0 Å². The summed E-state index contributed by atoms with van der Waals surface area (Å²) in [5, 5.41) is 3.13. The number of hydrogen-bond acceptors (Lipinski definition) is 2. The lowest BCUT2D eigenvalue weighted by Gasteiger charge is -2.19. The van der Waals surface area contributed by atoms with Gasteiger partial charge in [-0.05, 0) is 32.4 Å². The summed E-state index contributed by atoms with van der Waals surface area (Å²) in [6, 6.07) is 4.51. The fraction of sp³-hybridized carbons (Fsp3) is 0.462. The highest BCUT2D eigenvalue weighted by Crippen LogP contribution is 2.20. The minimum atomic E-state index is -0.485. The van der Waals surface area contributed by atoms with Gasteiger partial charge in [-0.3, -0.25) is 4.79 Å². The summed E-state index contributed by atoms with van der Waals surface area (Å²) in [7, 11) is 0. The van der Waals surface area contributed by atoms with E-state index in [2.05, 4.69) is 5.32 Å². The molecule has 0 unspecified atom stereocenters. The zero-order chi connectivity index (χ0) is 13.1. The highest BCUT2D eigenvalue weighted by atomic mass is 35.5. The number of nitrogens with one attached hydrogen (secondary N) is 1. The maximum atomic E-state index is 13.1. The van der Waals surface area contributed by atoms with Crippen LogP contribution in [-0.2, 0) is 11.2 Å². The minimum absolute atomic E-state index is 0.00701. The summed E-state index contributed by atoms with van der Waals surface area (Å²) in [6.45, 7) is 6.21. The Hall–Kier alpha value is -0.930. The molecule has 0 heterocycles. The number of halogens is 2. The van der Waals surface area contributed by atoms with E-state index in [-0.39, 0.29) is 29.3 Å². The largest absolute Gasteiger partial charge is 0.305 e. The van der Waals surface area contributed by atoms with Gasteiger partial charge in [0.1, 0.15) is 5.82 Å². The first-order valence-corrected chi connectivity index (χ1v) is 5.87. The third-order valence-electron chi connectivity index (χ3n) is 2.24. The quantitative estimate of drug-likeness (QED) is 0.899. The van der Waals surface area contributed by atoms with Gasteiger partial charge in [0.2, 0.25) is 0 Å². The number of Topliss-reactive ketones (excluding diaryl/α,β-unsaturated/α-hetero) is 1. The molecule has 1 aromatic rings. The van der Waals surface area contributed by atoms with Crippen molar-refractivity contribution in [2.75, 3.05) is 6.54 Å². The van der Waals surface area contributed by atoms with Crippen molar-refractivity contribution >= 4 is 17.4 Å². The van der Waals surface area contributed by atoms with Crippen LogP contribution in [0.4, 0.5) is 4.39 Å². The first kappa shape index (κ1) is 14.1. The minimum Gasteiger partial charge on any atom is -0.305 e. The Balaban J connectivity index is 2.60. The van der Waals surface area contributed by atoms with Gasteiger partial charge in [0.25, 0.3) is 0 Å². The van der Waals surface area contributed by atoms with Crippen molar-refractivity contribution in [3.8, 4) is 0 Å². The van der Waals surface area contributed by atoms with E-state index in [0.29, 0.717) is 5.56 Å². The van der Waals surface area contributed by atoms with Gasteiger partial charge in [-0.2, -0.15) is 0 Å². The molecule has 0 aliphatic heterocycles. The predicted molar refractivity (Wildman–Crippen MR) is 67.9 cm³/mol. The van der Waals surface area contributed by atoms with Crippen molar-refractivity contribution in [2.45, 2.75) is 32.7 Å². The van der Waals surface area contributed by atoms with Crippen LogP contribution in [0.3, 0.4) is 0 Å². The lowest BCUT2D eigenvalue weighted by atomic mass is 10.1. The summed E-state index contributed by atoms with van der Waals surface area (Å²) >= 11 is 5.78. The molecule has 4 heteroatoms. The molecule has 0 fully saturated rings. The van der Waals surface area contributed by atoms with E-state index < -0.39 is 5.82 Å². The molecule has 0 bridgehead atoms. The van der Waals surface area contributed by atoms with Gasteiger partial charge in [-0.15, -0.1) is 0 Å². The number of rotatable bonds is 4. The molecule has 0 atom stereocenters. The highest BCUT2D eigenvalue weighted by molar-refractivity contribution is 6.31. The Morgan fingerprint density at radius 3 is 2.65 bits per heavy atom. The van der Waals surface area contributed by atoms with Crippen molar-refractivity contribution in [3.63, 3.8) is 0 Å². The standard InChI is InChI=1S/C13H17ClFNO/c1-13(2,3)16-8-10(17)7-9-5-4-6-11(15)12(9)14/h4-6,16H,7-8H2,1-3H3. The first-order valence-electron chi connectivity index (χ1n) is 5.49. The maximum absolute atomic E-state index is 13.1. The zero-order valence-corrected chi connectivity index (χ0v) is 11.1. The van der Waals surface area contributed by atoms with Crippen molar-refractivity contribution in [3.05, 3.63) is 34.6 Å². The van der Waals surface area contributed by atoms with Crippen LogP contribution in [0.15, 0.2) is 18.2 Å². The molecule has 0 aromatic heterocycles. The van der Waals surface area contributed by atoms with E-state index >= 15 is 0 Å². The van der Waals surface area contributed by atoms with E-state index in [0.717, 1.165) is 0 Å². The average Bonchev–Trinajstić information content (AvgIpc) is 2.21. The van der Waals surface area contributed by atoms with Crippen LogP contribution in [0.2, 0.25) is 5.02 Å². The second-order valence-corrected chi connectivity index (χ2v) is 5.41. The molecule has 0 radical (unpaired) electrons. The van der Waals surface area contributed by atoms with E-state index in [1.54, 1.807) is 12.1 Å². The third kappa shape index (κ3) is 4.84. The van der Waals surface area contributed by atoms with Crippen molar-refractivity contribution < 1.29 is 9.18 Å². The van der Waals surface area contributed by atoms with Gasteiger partial charge in [0.15, 0.2) is 5.78 Å². The molecule has 0 saturated carbocycles. The fourth-order valence-corrected chi connectivity index (χ4v) is 1.52. The predicted octanol–water partition coefficient (Wildman–Crippen LogP) is 2.98. The molecule has 1 rings (SSSR count). The van der Waals surface area contributed by atoms with Crippen LogP contribution in [-0.4, -0.2) is 17.9 Å². The molecule has 0 spiro atoms. The summed E-state index contributed by atoms with van der Waals surface area (Å²) in [4.78, 5) is 11.7. The molecule has 1 aromatic carbocycles. The van der Waals surface area contributed by atoms with Crippen molar-refractivity contribution in [2.24, 2.45) is 0 Å². The normalized spacial score (nSPS) is 11.6. The average molecular weight is 258 g/mol. The van der Waals surface area contributed by atoms with Crippen LogP contribution in [0.5, 0.6) is 0 Å². The molecule has 94 valence electrons. The van der Waals surface area contributed by atoms with Gasteiger partial charge in [-0.1, -0.05) is 23.7 Å². The highest BCUT2D eigenvalue weighted by Gasteiger charge is 2.13. The number of carbonyl (C=O) groups is 1. The molecule has 1 N–H and O–H groups in total. The van der Waals surface area contributed by atoms with Crippen LogP contribution in [0.1, 0.15) is 26.3 Å². The SMILES string of the molecule is CC(C)(C)NCC(=O)Cc1cccc(F)c1Cl. The Kier molecular flexibility index (Phi) is 4.66. The van der Waals surface area contributed by atoms with Crippen LogP contribution in [0, 0.1) is 5.82 Å². The summed E-state index contributed by atoms with van der Waals surface area (Å²) in [5.41, 5.74) is 0.425. The number of hydrogen-bond donors (Lipinski definition) is 1. The fourth-order valence-electron chi connectivity index (χ4n) is 1.32. The second kappa shape index (κ2) is 5.61. The van der Waals surface area contributed by atoms with Crippen LogP contribution >= 0.6 is 11.6 Å². The van der Waals surface area contributed by atoms with E-state index in [1.165, 1.54) is 6.07 Å².